The number of nitrogens with one attached hydrogen (secondary N) is 1. The third kappa shape index (κ3) is 6.56. The van der Waals surface area contributed by atoms with E-state index in [1.54, 1.807) is 57.3 Å². The van der Waals surface area contributed by atoms with Gasteiger partial charge in [0.25, 0.3) is 15.9 Å². The molecule has 216 valence electrons. The number of quaternary nitrogens is 1. The Morgan fingerprint density at radius 2 is 1.80 bits per heavy atom. The van der Waals surface area contributed by atoms with Crippen LogP contribution in [0.5, 0.6) is 0 Å². The molecule has 1 aromatic heterocycles. The van der Waals surface area contributed by atoms with Gasteiger partial charge < -0.3 is 10.3 Å². The lowest BCUT2D eigenvalue weighted by atomic mass is 9.96. The number of aromatic nitrogens is 1. The number of hydrogen-bond donors (Lipinski definition) is 2. The van der Waals surface area contributed by atoms with Crippen LogP contribution in [-0.4, -0.2) is 43.0 Å². The lowest BCUT2D eigenvalue weighted by Gasteiger charge is -2.39. The molecule has 40 heavy (non-hydrogen) atoms. The highest BCUT2D eigenvalue weighted by Crippen LogP contribution is 2.36. The molecule has 1 heterocycles. The van der Waals surface area contributed by atoms with Crippen molar-refractivity contribution in [1.29, 1.82) is 0 Å². The second-order valence-electron chi connectivity index (χ2n) is 10.7. The van der Waals surface area contributed by atoms with Crippen molar-refractivity contribution < 1.29 is 27.0 Å². The quantitative estimate of drug-likeness (QED) is 0.265. The maximum atomic E-state index is 13.4. The van der Waals surface area contributed by atoms with Crippen molar-refractivity contribution >= 4 is 39.3 Å². The van der Waals surface area contributed by atoms with Crippen molar-refractivity contribution in [3.63, 3.8) is 0 Å². The Morgan fingerprint density at radius 1 is 1.12 bits per heavy atom. The highest BCUT2D eigenvalue weighted by molar-refractivity contribution is 7.92. The fraction of sp³-hybridized carbons (Fsp3) is 0.414. The third-order valence-electron chi connectivity index (χ3n) is 7.25. The first-order valence-electron chi connectivity index (χ1n) is 13.2. The van der Waals surface area contributed by atoms with Gasteiger partial charge in [-0.1, -0.05) is 74.3 Å². The Bertz CT molecular complexity index is 1500. The van der Waals surface area contributed by atoms with E-state index in [-0.39, 0.29) is 33.6 Å². The molecule has 0 spiro atoms. The van der Waals surface area contributed by atoms with Gasteiger partial charge in [-0.15, -0.1) is 0 Å². The van der Waals surface area contributed by atoms with Gasteiger partial charge in [-0.25, -0.2) is 22.4 Å². The molecule has 0 saturated heterocycles. The van der Waals surface area contributed by atoms with Crippen molar-refractivity contribution in [2.75, 3.05) is 11.8 Å². The molecule has 0 aliphatic carbocycles. The van der Waals surface area contributed by atoms with Crippen molar-refractivity contribution in [2.45, 2.75) is 71.4 Å². The first kappa shape index (κ1) is 31.3. The molecule has 0 radical (unpaired) electrons. The number of sulfonamides is 1. The van der Waals surface area contributed by atoms with Gasteiger partial charge >= 0.3 is 5.91 Å². The van der Waals surface area contributed by atoms with Crippen LogP contribution in [0, 0.1) is 19.8 Å². The maximum Gasteiger partial charge on any atom is 0.314 e. The van der Waals surface area contributed by atoms with Gasteiger partial charge in [-0.05, 0) is 32.4 Å². The van der Waals surface area contributed by atoms with E-state index in [1.165, 1.54) is 6.07 Å². The van der Waals surface area contributed by atoms with Crippen LogP contribution in [-0.2, 0) is 26.2 Å². The van der Waals surface area contributed by atoms with E-state index in [1.807, 2.05) is 20.8 Å². The minimum absolute atomic E-state index is 0.0158. The summed E-state index contributed by atoms with van der Waals surface area (Å²) in [7, 11) is -2.30. The average molecular weight is 590 g/mol. The van der Waals surface area contributed by atoms with Crippen molar-refractivity contribution in [3.8, 4) is 11.1 Å². The monoisotopic (exact) mass is 589 g/mol. The number of likely N-dealkylation sites (N-methyl/N-ethyl adjacent to an activating group) is 1. The predicted octanol–water partition coefficient (Wildman–Crippen LogP) is 5.59. The minimum atomic E-state index is -4.05. The molecule has 2 amide bonds. The van der Waals surface area contributed by atoms with Gasteiger partial charge in [0.2, 0.25) is 5.88 Å². The van der Waals surface area contributed by atoms with E-state index in [2.05, 4.69) is 9.88 Å². The molecule has 3 aromatic rings. The summed E-state index contributed by atoms with van der Waals surface area (Å²) in [5.41, 5.74) is 8.58. The smallest absolute Gasteiger partial charge is 0.314 e. The average Bonchev–Trinajstić information content (AvgIpc) is 3.18. The van der Waals surface area contributed by atoms with E-state index < -0.39 is 22.0 Å². The molecule has 0 aliphatic heterocycles. The van der Waals surface area contributed by atoms with Crippen LogP contribution in [0.3, 0.4) is 0 Å². The lowest BCUT2D eigenvalue weighted by Crippen LogP contribution is -2.62. The third-order valence-corrected chi connectivity index (χ3v) is 8.95. The highest BCUT2D eigenvalue weighted by atomic mass is 35.5. The number of primary amides is 1. The number of benzene rings is 2. The summed E-state index contributed by atoms with van der Waals surface area (Å²) >= 11 is 6.74. The Balaban J connectivity index is 2.02. The molecule has 1 unspecified atom stereocenters. The Morgan fingerprint density at radius 3 is 2.35 bits per heavy atom. The lowest BCUT2D eigenvalue weighted by molar-refractivity contribution is -0.868. The number of carbonyl (C=O) groups excluding carboxylic acids is 2. The predicted molar refractivity (Wildman–Crippen MR) is 156 cm³/mol. The number of carbonyl (C=O) groups is 2. The van der Waals surface area contributed by atoms with Gasteiger partial charge in [0, 0.05) is 33.2 Å². The zero-order valence-electron chi connectivity index (χ0n) is 23.8. The summed E-state index contributed by atoms with van der Waals surface area (Å²) in [4.78, 5) is 25.9. The van der Waals surface area contributed by atoms with Crippen molar-refractivity contribution in [3.05, 3.63) is 64.3 Å². The van der Waals surface area contributed by atoms with Crippen LogP contribution in [0.15, 0.2) is 51.9 Å². The van der Waals surface area contributed by atoms with E-state index in [0.29, 0.717) is 40.2 Å². The van der Waals surface area contributed by atoms with Crippen LogP contribution >= 0.6 is 11.6 Å². The molecule has 2 atom stereocenters. The molecule has 0 aliphatic rings. The number of nitrogens with two attached hydrogens (primary N) is 1. The standard InChI is InChI=1S/C29H37ClN4O5S/c1-7-8-13-26(35)34(6,27(18(2)3)28(31)36)17-21-14-15-22(24(30)16-21)23-11-9-10-12-25(23)40(37,38)33-29-19(4)20(5)32-39-29/h9-12,14-16,18,27H,7-8,13,17H2,1-6H3,(H2-,31,32,33,36)/p+1/t27-,34?/m0/s1. The number of aryl methyl sites for hydroxylation is 1. The summed E-state index contributed by atoms with van der Waals surface area (Å²) in [6.07, 6.45) is 1.89. The molecule has 11 heteroatoms. The molecular weight excluding hydrogens is 552 g/mol. The summed E-state index contributed by atoms with van der Waals surface area (Å²) in [5, 5.41) is 4.12. The molecule has 2 aromatic carbocycles. The normalized spacial score (nSPS) is 14.1. The van der Waals surface area contributed by atoms with Crippen molar-refractivity contribution in [2.24, 2.45) is 11.7 Å². The molecular formula is C29H38ClN4O5S+. The fourth-order valence-corrected chi connectivity index (χ4v) is 6.63. The zero-order valence-corrected chi connectivity index (χ0v) is 25.4. The Kier molecular flexibility index (Phi) is 9.81. The van der Waals surface area contributed by atoms with Gasteiger partial charge in [-0.3, -0.25) is 4.79 Å². The molecule has 0 saturated carbocycles. The minimum Gasteiger partial charge on any atom is -0.364 e. The van der Waals surface area contributed by atoms with Crippen LogP contribution in [0.1, 0.15) is 56.9 Å². The molecule has 3 N–H and O–H groups in total. The second kappa shape index (κ2) is 12.5. The van der Waals surface area contributed by atoms with Gasteiger partial charge in [0.1, 0.15) is 6.54 Å². The molecule has 0 fully saturated rings. The Labute approximate surface area is 241 Å². The first-order valence-corrected chi connectivity index (χ1v) is 15.1. The summed E-state index contributed by atoms with van der Waals surface area (Å²) in [5.74, 6) is -0.717. The van der Waals surface area contributed by atoms with E-state index in [9.17, 15) is 18.0 Å². The molecule has 3 rings (SSSR count). The maximum absolute atomic E-state index is 13.4. The summed E-state index contributed by atoms with van der Waals surface area (Å²) < 4.78 is 34.2. The van der Waals surface area contributed by atoms with E-state index in [0.717, 1.165) is 12.0 Å². The zero-order chi connectivity index (χ0) is 29.8. The number of hydrogen-bond acceptors (Lipinski definition) is 6. The van der Waals surface area contributed by atoms with Crippen LogP contribution < -0.4 is 10.5 Å². The highest BCUT2D eigenvalue weighted by Gasteiger charge is 2.45. The number of unbranched alkanes of at least 4 members (excludes halogenated alkanes) is 1. The van der Waals surface area contributed by atoms with Crippen LogP contribution in [0.2, 0.25) is 5.02 Å². The number of amides is 2. The number of halogens is 1. The first-order chi connectivity index (χ1) is 18.7. The molecule has 9 nitrogen and oxygen atoms in total. The van der Waals surface area contributed by atoms with Crippen molar-refractivity contribution in [1.82, 2.24) is 5.16 Å². The summed E-state index contributed by atoms with van der Waals surface area (Å²) in [6, 6.07) is 11.0. The largest absolute Gasteiger partial charge is 0.364 e. The Hall–Kier alpha value is -3.21. The second-order valence-corrected chi connectivity index (χ2v) is 12.7. The number of rotatable bonds is 12. The number of nitrogens with zero attached hydrogens (tertiary/aromatic N) is 2. The van der Waals surface area contributed by atoms with Crippen LogP contribution in [0.25, 0.3) is 11.1 Å². The number of anilines is 1. The fourth-order valence-electron chi connectivity index (χ4n) is 5.06. The topological polar surface area (TPSA) is 132 Å². The summed E-state index contributed by atoms with van der Waals surface area (Å²) in [6.45, 7) is 9.40. The van der Waals surface area contributed by atoms with E-state index in [4.69, 9.17) is 21.9 Å². The molecule has 0 bridgehead atoms. The van der Waals surface area contributed by atoms with Gasteiger partial charge in [0.15, 0.2) is 6.04 Å². The van der Waals surface area contributed by atoms with Crippen LogP contribution in [0.4, 0.5) is 5.88 Å². The van der Waals surface area contributed by atoms with E-state index >= 15 is 0 Å². The SMILES string of the molecule is CCCCC(=O)[N+](C)(Cc1ccc(-c2ccccc2S(=O)(=O)Nc2onc(C)c2C)c(Cl)c1)[C@H](C(N)=O)C(C)C. The van der Waals surface area contributed by atoms with Gasteiger partial charge in [-0.2, -0.15) is 0 Å². The van der Waals surface area contributed by atoms with Gasteiger partial charge in [0.05, 0.1) is 24.1 Å².